The fourth-order valence-corrected chi connectivity index (χ4v) is 1.87. The Labute approximate surface area is 87.1 Å². The summed E-state index contributed by atoms with van der Waals surface area (Å²) in [4.78, 5) is 35.3. The number of rotatable bonds is 1. The second kappa shape index (κ2) is 3.49. The first-order valence-corrected chi connectivity index (χ1v) is 4.91. The van der Waals surface area contributed by atoms with E-state index in [1.165, 1.54) is 6.08 Å². The van der Waals surface area contributed by atoms with Gasteiger partial charge in [-0.15, -0.1) is 0 Å². The van der Waals surface area contributed by atoms with E-state index in [2.05, 4.69) is 5.32 Å². The number of imide groups is 1. The molecule has 0 aromatic heterocycles. The summed E-state index contributed by atoms with van der Waals surface area (Å²) in [5.74, 6) is -0.541. The molecule has 0 aromatic carbocycles. The van der Waals surface area contributed by atoms with Crippen molar-refractivity contribution in [1.29, 1.82) is 0 Å². The van der Waals surface area contributed by atoms with Gasteiger partial charge >= 0.3 is 0 Å². The number of nitrogens with zero attached hydrogens (tertiary/aromatic N) is 1. The highest BCUT2D eigenvalue weighted by Crippen LogP contribution is 2.22. The van der Waals surface area contributed by atoms with Gasteiger partial charge in [0, 0.05) is 18.2 Å². The first kappa shape index (κ1) is 9.89. The number of piperazine rings is 1. The van der Waals surface area contributed by atoms with Crippen molar-refractivity contribution in [3.05, 3.63) is 11.8 Å². The quantitative estimate of drug-likeness (QED) is 0.594. The largest absolute Gasteiger partial charge is 0.354 e. The van der Waals surface area contributed by atoms with E-state index in [1.807, 2.05) is 0 Å². The third-order valence-electron chi connectivity index (χ3n) is 2.75. The third-order valence-corrected chi connectivity index (χ3v) is 2.75. The summed E-state index contributed by atoms with van der Waals surface area (Å²) >= 11 is 0. The van der Waals surface area contributed by atoms with E-state index in [0.29, 0.717) is 12.8 Å². The first-order chi connectivity index (χ1) is 7.08. The van der Waals surface area contributed by atoms with E-state index < -0.39 is 0 Å². The first-order valence-electron chi connectivity index (χ1n) is 4.91. The number of ketones is 1. The summed E-state index contributed by atoms with van der Waals surface area (Å²) in [6, 6.07) is -0.375. The predicted octanol–water partition coefficient (Wildman–Crippen LogP) is -0.420. The molecule has 2 amide bonds. The lowest BCUT2D eigenvalue weighted by atomic mass is 10.1. The van der Waals surface area contributed by atoms with Gasteiger partial charge in [-0.1, -0.05) is 0 Å². The van der Waals surface area contributed by atoms with Crippen LogP contribution >= 0.6 is 0 Å². The highest BCUT2D eigenvalue weighted by molar-refractivity contribution is 6.01. The van der Waals surface area contributed by atoms with Crippen molar-refractivity contribution in [3.63, 3.8) is 0 Å². The van der Waals surface area contributed by atoms with Crippen LogP contribution in [0.25, 0.3) is 0 Å². The number of nitrogens with one attached hydrogen (secondary N) is 1. The van der Waals surface area contributed by atoms with Crippen LogP contribution in [0.3, 0.4) is 0 Å². The van der Waals surface area contributed by atoms with E-state index in [0.717, 1.165) is 5.70 Å². The van der Waals surface area contributed by atoms with Crippen molar-refractivity contribution in [2.24, 2.45) is 0 Å². The van der Waals surface area contributed by atoms with E-state index in [1.54, 1.807) is 11.8 Å². The molecule has 2 aliphatic rings. The Morgan fingerprint density at radius 1 is 1.33 bits per heavy atom. The SMILES string of the molecule is CC1C(=O)NC(=O)CN1C1=CC(=O)CC1. The van der Waals surface area contributed by atoms with Crippen molar-refractivity contribution in [3.8, 4) is 0 Å². The molecule has 0 saturated carbocycles. The molecule has 0 spiro atoms. The average Bonchev–Trinajstić information content (AvgIpc) is 2.58. The Bertz CT molecular complexity index is 373. The fourth-order valence-electron chi connectivity index (χ4n) is 1.87. The van der Waals surface area contributed by atoms with Crippen molar-refractivity contribution >= 4 is 17.6 Å². The van der Waals surface area contributed by atoms with Gasteiger partial charge in [-0.25, -0.2) is 0 Å². The summed E-state index contributed by atoms with van der Waals surface area (Å²) in [5.41, 5.74) is 0.802. The molecule has 1 fully saturated rings. The van der Waals surface area contributed by atoms with Gasteiger partial charge in [0.25, 0.3) is 0 Å². The molecule has 0 aromatic rings. The maximum atomic E-state index is 11.4. The summed E-state index contributed by atoms with van der Waals surface area (Å²) < 4.78 is 0. The molecular weight excluding hydrogens is 196 g/mol. The standard InChI is InChI=1S/C10H12N2O3/c1-6-10(15)11-9(14)5-12(6)7-2-3-8(13)4-7/h4,6H,2-3,5H2,1H3,(H,11,14,15). The zero-order valence-electron chi connectivity index (χ0n) is 8.45. The smallest absolute Gasteiger partial charge is 0.249 e. The Kier molecular flexibility index (Phi) is 2.30. The molecule has 1 aliphatic heterocycles. The molecule has 80 valence electrons. The van der Waals surface area contributed by atoms with Crippen LogP contribution in [0.5, 0.6) is 0 Å². The van der Waals surface area contributed by atoms with Crippen LogP contribution in [0.4, 0.5) is 0 Å². The fraction of sp³-hybridized carbons (Fsp3) is 0.500. The average molecular weight is 208 g/mol. The second-order valence-electron chi connectivity index (χ2n) is 3.82. The van der Waals surface area contributed by atoms with E-state index >= 15 is 0 Å². The van der Waals surface area contributed by atoms with Crippen LogP contribution in [-0.2, 0) is 14.4 Å². The molecule has 1 atom stereocenters. The Hall–Kier alpha value is -1.65. The normalized spacial score (nSPS) is 26.7. The summed E-state index contributed by atoms with van der Waals surface area (Å²) in [6.07, 6.45) is 2.64. The molecule has 1 N–H and O–H groups in total. The highest BCUT2D eigenvalue weighted by atomic mass is 16.2. The van der Waals surface area contributed by atoms with Gasteiger partial charge in [-0.3, -0.25) is 19.7 Å². The number of carbonyl (C=O) groups is 3. The maximum absolute atomic E-state index is 11.4. The monoisotopic (exact) mass is 208 g/mol. The molecule has 1 unspecified atom stereocenters. The van der Waals surface area contributed by atoms with Crippen LogP contribution < -0.4 is 5.32 Å². The minimum atomic E-state index is -0.375. The minimum absolute atomic E-state index is 0.0654. The molecule has 0 radical (unpaired) electrons. The van der Waals surface area contributed by atoms with Crippen LogP contribution in [0.1, 0.15) is 19.8 Å². The van der Waals surface area contributed by atoms with Gasteiger partial charge in [-0.05, 0) is 13.3 Å². The predicted molar refractivity (Wildman–Crippen MR) is 51.6 cm³/mol. The molecule has 0 bridgehead atoms. The van der Waals surface area contributed by atoms with E-state index in [4.69, 9.17) is 0 Å². The van der Waals surface area contributed by atoms with Crippen LogP contribution in [0, 0.1) is 0 Å². The molecule has 2 rings (SSSR count). The maximum Gasteiger partial charge on any atom is 0.249 e. The molecule has 5 heteroatoms. The Morgan fingerprint density at radius 3 is 2.67 bits per heavy atom. The number of allylic oxidation sites excluding steroid dienone is 2. The third kappa shape index (κ3) is 1.77. The molecule has 15 heavy (non-hydrogen) atoms. The molecule has 1 saturated heterocycles. The summed E-state index contributed by atoms with van der Waals surface area (Å²) in [7, 11) is 0. The minimum Gasteiger partial charge on any atom is -0.354 e. The van der Waals surface area contributed by atoms with E-state index in [-0.39, 0.29) is 30.2 Å². The summed E-state index contributed by atoms with van der Waals surface area (Å²) in [5, 5.41) is 2.26. The number of carbonyl (C=O) groups excluding carboxylic acids is 3. The van der Waals surface area contributed by atoms with Gasteiger partial charge < -0.3 is 4.90 Å². The summed E-state index contributed by atoms with van der Waals surface area (Å²) in [6.45, 7) is 1.89. The zero-order valence-corrected chi connectivity index (χ0v) is 8.45. The van der Waals surface area contributed by atoms with Crippen LogP contribution in [0.2, 0.25) is 0 Å². The van der Waals surface area contributed by atoms with Crippen LogP contribution in [-0.4, -0.2) is 35.1 Å². The van der Waals surface area contributed by atoms with Crippen molar-refractivity contribution in [2.45, 2.75) is 25.8 Å². The van der Waals surface area contributed by atoms with Gasteiger partial charge in [0.05, 0.1) is 6.54 Å². The Morgan fingerprint density at radius 2 is 2.07 bits per heavy atom. The zero-order chi connectivity index (χ0) is 11.0. The lowest BCUT2D eigenvalue weighted by molar-refractivity contribution is -0.138. The lowest BCUT2D eigenvalue weighted by Gasteiger charge is -2.34. The van der Waals surface area contributed by atoms with Crippen molar-refractivity contribution < 1.29 is 14.4 Å². The van der Waals surface area contributed by atoms with Gasteiger partial charge in [0.2, 0.25) is 11.8 Å². The highest BCUT2D eigenvalue weighted by Gasteiger charge is 2.32. The van der Waals surface area contributed by atoms with Gasteiger partial charge in [0.15, 0.2) is 5.78 Å². The topological polar surface area (TPSA) is 66.5 Å². The second-order valence-corrected chi connectivity index (χ2v) is 3.82. The Balaban J connectivity index is 2.20. The molecular formula is C10H12N2O3. The lowest BCUT2D eigenvalue weighted by Crippen LogP contribution is -2.56. The van der Waals surface area contributed by atoms with E-state index in [9.17, 15) is 14.4 Å². The van der Waals surface area contributed by atoms with Crippen molar-refractivity contribution in [2.75, 3.05) is 6.54 Å². The van der Waals surface area contributed by atoms with Crippen molar-refractivity contribution in [1.82, 2.24) is 10.2 Å². The molecule has 1 heterocycles. The van der Waals surface area contributed by atoms with Crippen LogP contribution in [0.15, 0.2) is 11.8 Å². The van der Waals surface area contributed by atoms with Gasteiger partial charge in [0.1, 0.15) is 6.04 Å². The molecule has 1 aliphatic carbocycles. The van der Waals surface area contributed by atoms with Gasteiger partial charge in [-0.2, -0.15) is 0 Å². The number of amides is 2. The number of hydrogen-bond donors (Lipinski definition) is 1. The molecule has 5 nitrogen and oxygen atoms in total. The number of hydrogen-bond acceptors (Lipinski definition) is 4.